The zero-order chi connectivity index (χ0) is 9.14. The SMILES string of the molecule is CSc1nnc(CC(=O)O)n1C. The Hall–Kier alpha value is -1.04. The van der Waals surface area contributed by atoms with Crippen molar-refractivity contribution in [1.29, 1.82) is 0 Å². The van der Waals surface area contributed by atoms with E-state index >= 15 is 0 Å². The highest BCUT2D eigenvalue weighted by atomic mass is 32.2. The van der Waals surface area contributed by atoms with Gasteiger partial charge in [0.15, 0.2) is 5.16 Å². The number of aliphatic carboxylic acids is 1. The van der Waals surface area contributed by atoms with Gasteiger partial charge in [0.2, 0.25) is 0 Å². The van der Waals surface area contributed by atoms with Crippen LogP contribution in [-0.4, -0.2) is 32.1 Å². The Kier molecular flexibility index (Phi) is 2.69. The molecule has 0 unspecified atom stereocenters. The van der Waals surface area contributed by atoms with Crippen molar-refractivity contribution in [2.75, 3.05) is 6.26 Å². The van der Waals surface area contributed by atoms with Crippen molar-refractivity contribution in [1.82, 2.24) is 14.8 Å². The maximum Gasteiger partial charge on any atom is 0.311 e. The van der Waals surface area contributed by atoms with Crippen LogP contribution in [0.25, 0.3) is 0 Å². The third-order valence-electron chi connectivity index (χ3n) is 1.42. The smallest absolute Gasteiger partial charge is 0.311 e. The fraction of sp³-hybridized carbons (Fsp3) is 0.500. The minimum absolute atomic E-state index is 0.0793. The monoisotopic (exact) mass is 187 g/mol. The van der Waals surface area contributed by atoms with E-state index in [0.29, 0.717) is 5.82 Å². The molecule has 6 heteroatoms. The molecule has 0 amide bonds. The fourth-order valence-corrected chi connectivity index (χ4v) is 1.31. The number of carboxylic acids is 1. The zero-order valence-corrected chi connectivity index (χ0v) is 7.63. The van der Waals surface area contributed by atoms with E-state index in [2.05, 4.69) is 10.2 Å². The molecule has 1 rings (SSSR count). The summed E-state index contributed by atoms with van der Waals surface area (Å²) in [7, 11) is 1.75. The molecule has 1 aromatic rings. The first-order valence-corrected chi connectivity index (χ1v) is 4.51. The van der Waals surface area contributed by atoms with Gasteiger partial charge in [0, 0.05) is 7.05 Å². The Morgan fingerprint density at radius 1 is 1.67 bits per heavy atom. The first-order valence-electron chi connectivity index (χ1n) is 3.29. The molecular formula is C6H9N3O2S. The van der Waals surface area contributed by atoms with E-state index in [1.165, 1.54) is 11.8 Å². The molecule has 5 nitrogen and oxygen atoms in total. The fourth-order valence-electron chi connectivity index (χ4n) is 0.812. The lowest BCUT2D eigenvalue weighted by atomic mass is 10.4. The number of aromatic nitrogens is 3. The van der Waals surface area contributed by atoms with Crippen LogP contribution in [0.4, 0.5) is 0 Å². The molecule has 1 N–H and O–H groups in total. The molecule has 0 aliphatic rings. The molecule has 0 atom stereocenters. The van der Waals surface area contributed by atoms with Crippen molar-refractivity contribution >= 4 is 17.7 Å². The molecule has 0 aliphatic carbocycles. The van der Waals surface area contributed by atoms with Gasteiger partial charge in [0.25, 0.3) is 0 Å². The van der Waals surface area contributed by atoms with E-state index in [9.17, 15) is 4.79 Å². The van der Waals surface area contributed by atoms with Crippen LogP contribution in [0.1, 0.15) is 5.82 Å². The van der Waals surface area contributed by atoms with Crippen molar-refractivity contribution in [2.24, 2.45) is 7.05 Å². The van der Waals surface area contributed by atoms with Gasteiger partial charge >= 0.3 is 5.97 Å². The van der Waals surface area contributed by atoms with Crippen LogP contribution in [0.5, 0.6) is 0 Å². The number of thioether (sulfide) groups is 1. The predicted octanol–water partition coefficient (Wildman–Crippen LogP) is 0.164. The van der Waals surface area contributed by atoms with Crippen LogP contribution < -0.4 is 0 Å². The van der Waals surface area contributed by atoms with Crippen LogP contribution in [0.2, 0.25) is 0 Å². The topological polar surface area (TPSA) is 68.0 Å². The molecule has 1 aromatic heterocycles. The molecule has 0 radical (unpaired) electrons. The molecule has 0 aromatic carbocycles. The Balaban J connectivity index is 2.87. The second-order valence-corrected chi connectivity index (χ2v) is 3.01. The van der Waals surface area contributed by atoms with Gasteiger partial charge in [-0.2, -0.15) is 0 Å². The van der Waals surface area contributed by atoms with Gasteiger partial charge in [-0.25, -0.2) is 0 Å². The first kappa shape index (κ1) is 9.05. The molecule has 0 spiro atoms. The zero-order valence-electron chi connectivity index (χ0n) is 6.81. The summed E-state index contributed by atoms with van der Waals surface area (Å²) in [5.41, 5.74) is 0. The maximum absolute atomic E-state index is 10.3. The molecule has 1 heterocycles. The van der Waals surface area contributed by atoms with E-state index in [0.717, 1.165) is 5.16 Å². The Labute approximate surface area is 73.8 Å². The summed E-state index contributed by atoms with van der Waals surface area (Å²) in [4.78, 5) is 10.3. The van der Waals surface area contributed by atoms with Crippen LogP contribution in [0, 0.1) is 0 Å². The van der Waals surface area contributed by atoms with E-state index in [-0.39, 0.29) is 6.42 Å². The summed E-state index contributed by atoms with van der Waals surface area (Å²) in [6.45, 7) is 0. The standard InChI is InChI=1S/C6H9N3O2S/c1-9-4(3-5(10)11)7-8-6(9)12-2/h3H2,1-2H3,(H,10,11). The van der Waals surface area contributed by atoms with Gasteiger partial charge in [-0.3, -0.25) is 4.79 Å². The Morgan fingerprint density at radius 3 is 2.75 bits per heavy atom. The van der Waals surface area contributed by atoms with Gasteiger partial charge in [-0.15, -0.1) is 10.2 Å². The minimum atomic E-state index is -0.891. The summed E-state index contributed by atoms with van der Waals surface area (Å²) in [6, 6.07) is 0. The van der Waals surface area contributed by atoms with Crippen molar-refractivity contribution in [3.63, 3.8) is 0 Å². The van der Waals surface area contributed by atoms with Gasteiger partial charge in [-0.05, 0) is 6.26 Å². The molecule has 0 saturated heterocycles. The van der Waals surface area contributed by atoms with Crippen molar-refractivity contribution in [3.8, 4) is 0 Å². The Morgan fingerprint density at radius 2 is 2.33 bits per heavy atom. The first-order chi connectivity index (χ1) is 5.65. The van der Waals surface area contributed by atoms with E-state index in [1.807, 2.05) is 6.26 Å². The van der Waals surface area contributed by atoms with Gasteiger partial charge < -0.3 is 9.67 Å². The average molecular weight is 187 g/mol. The highest BCUT2D eigenvalue weighted by Crippen LogP contribution is 2.11. The molecule has 66 valence electrons. The third-order valence-corrected chi connectivity index (χ3v) is 2.14. The van der Waals surface area contributed by atoms with Crippen molar-refractivity contribution in [2.45, 2.75) is 11.6 Å². The van der Waals surface area contributed by atoms with Crippen molar-refractivity contribution in [3.05, 3.63) is 5.82 Å². The highest BCUT2D eigenvalue weighted by Gasteiger charge is 2.10. The second kappa shape index (κ2) is 3.57. The van der Waals surface area contributed by atoms with Crippen LogP contribution in [0.3, 0.4) is 0 Å². The van der Waals surface area contributed by atoms with Crippen LogP contribution in [-0.2, 0) is 18.3 Å². The number of carboxylic acid groups (broad SMARTS) is 1. The summed E-state index contributed by atoms with van der Waals surface area (Å²) in [6.07, 6.45) is 1.79. The normalized spacial score (nSPS) is 10.2. The van der Waals surface area contributed by atoms with E-state index in [1.54, 1.807) is 11.6 Å². The molecule has 0 fully saturated rings. The van der Waals surface area contributed by atoms with Gasteiger partial charge in [-0.1, -0.05) is 11.8 Å². The molecule has 0 bridgehead atoms. The van der Waals surface area contributed by atoms with Crippen LogP contribution >= 0.6 is 11.8 Å². The molecule has 12 heavy (non-hydrogen) atoms. The highest BCUT2D eigenvalue weighted by molar-refractivity contribution is 7.98. The Bertz CT molecular complexity index is 297. The lowest BCUT2D eigenvalue weighted by Crippen LogP contribution is -2.06. The number of rotatable bonds is 3. The largest absolute Gasteiger partial charge is 0.481 e. The average Bonchev–Trinajstić information content (AvgIpc) is 2.32. The lowest BCUT2D eigenvalue weighted by molar-refractivity contribution is -0.136. The summed E-state index contributed by atoms with van der Waals surface area (Å²) >= 11 is 1.44. The lowest BCUT2D eigenvalue weighted by Gasteiger charge is -1.97. The predicted molar refractivity (Wildman–Crippen MR) is 44.1 cm³/mol. The number of hydrogen-bond donors (Lipinski definition) is 1. The minimum Gasteiger partial charge on any atom is -0.481 e. The van der Waals surface area contributed by atoms with Crippen LogP contribution in [0.15, 0.2) is 5.16 Å². The maximum atomic E-state index is 10.3. The number of nitrogens with zero attached hydrogens (tertiary/aromatic N) is 3. The summed E-state index contributed by atoms with van der Waals surface area (Å²) in [5.74, 6) is -0.412. The third kappa shape index (κ3) is 1.76. The summed E-state index contributed by atoms with van der Waals surface area (Å²) < 4.78 is 1.68. The number of hydrogen-bond acceptors (Lipinski definition) is 4. The van der Waals surface area contributed by atoms with Gasteiger partial charge in [0.1, 0.15) is 12.2 Å². The van der Waals surface area contributed by atoms with E-state index < -0.39 is 5.97 Å². The van der Waals surface area contributed by atoms with Crippen molar-refractivity contribution < 1.29 is 9.90 Å². The van der Waals surface area contributed by atoms with Gasteiger partial charge in [0.05, 0.1) is 0 Å². The second-order valence-electron chi connectivity index (χ2n) is 2.23. The van der Waals surface area contributed by atoms with E-state index in [4.69, 9.17) is 5.11 Å². The quantitative estimate of drug-likeness (QED) is 0.683. The molecular weight excluding hydrogens is 178 g/mol. The molecule has 0 aliphatic heterocycles. The summed E-state index contributed by atoms with van der Waals surface area (Å²) in [5, 5.41) is 16.8. The number of carbonyl (C=O) groups is 1. The molecule has 0 saturated carbocycles.